The third kappa shape index (κ3) is 2.37. The molecule has 2 aliphatic heterocycles. The average Bonchev–Trinajstić information content (AvgIpc) is 2.74. The van der Waals surface area contributed by atoms with Gasteiger partial charge in [0.2, 0.25) is 5.91 Å². The summed E-state index contributed by atoms with van der Waals surface area (Å²) in [5.74, 6) is 1.90. The van der Waals surface area contributed by atoms with Gasteiger partial charge in [0.05, 0.1) is 0 Å². The van der Waals surface area contributed by atoms with E-state index in [1.165, 1.54) is 10.4 Å². The zero-order valence-corrected chi connectivity index (χ0v) is 11.2. The molecule has 0 aliphatic carbocycles. The van der Waals surface area contributed by atoms with Crippen LogP contribution in [0.25, 0.3) is 0 Å². The molecule has 1 saturated heterocycles. The third-order valence-electron chi connectivity index (χ3n) is 3.35. The van der Waals surface area contributed by atoms with Crippen LogP contribution in [0.1, 0.15) is 15.7 Å². The SMILES string of the molecule is O=C(NCC1CNC1)C1SCCc2sccc21. The lowest BCUT2D eigenvalue weighted by Gasteiger charge is -2.28. The first-order valence-electron chi connectivity index (χ1n) is 6.01. The number of thiophene rings is 1. The number of hydrogen-bond acceptors (Lipinski definition) is 4. The first kappa shape index (κ1) is 11.6. The summed E-state index contributed by atoms with van der Waals surface area (Å²) in [6, 6.07) is 2.11. The summed E-state index contributed by atoms with van der Waals surface area (Å²) in [5, 5.41) is 8.44. The summed E-state index contributed by atoms with van der Waals surface area (Å²) in [7, 11) is 0. The first-order chi connectivity index (χ1) is 8.34. The summed E-state index contributed by atoms with van der Waals surface area (Å²) < 4.78 is 0. The molecule has 1 atom stereocenters. The summed E-state index contributed by atoms with van der Waals surface area (Å²) in [5.41, 5.74) is 1.25. The molecule has 1 aromatic heterocycles. The molecule has 0 saturated carbocycles. The Morgan fingerprint density at radius 1 is 1.53 bits per heavy atom. The van der Waals surface area contributed by atoms with E-state index in [4.69, 9.17) is 0 Å². The van der Waals surface area contributed by atoms with Gasteiger partial charge in [-0.15, -0.1) is 23.1 Å². The Morgan fingerprint density at radius 3 is 3.18 bits per heavy atom. The maximum absolute atomic E-state index is 12.2. The lowest BCUT2D eigenvalue weighted by atomic mass is 10.0. The number of hydrogen-bond donors (Lipinski definition) is 2. The zero-order valence-electron chi connectivity index (χ0n) is 9.57. The van der Waals surface area contributed by atoms with Gasteiger partial charge < -0.3 is 10.6 Å². The van der Waals surface area contributed by atoms with Crippen LogP contribution in [-0.4, -0.2) is 31.3 Å². The van der Waals surface area contributed by atoms with Crippen molar-refractivity contribution in [1.29, 1.82) is 0 Å². The third-order valence-corrected chi connectivity index (χ3v) is 5.58. The summed E-state index contributed by atoms with van der Waals surface area (Å²) in [6.07, 6.45) is 1.12. The Morgan fingerprint density at radius 2 is 2.41 bits per heavy atom. The van der Waals surface area contributed by atoms with E-state index in [-0.39, 0.29) is 11.2 Å². The molecule has 5 heteroatoms. The Bertz CT molecular complexity index is 414. The maximum atomic E-state index is 12.2. The topological polar surface area (TPSA) is 41.1 Å². The van der Waals surface area contributed by atoms with Crippen molar-refractivity contribution in [3.63, 3.8) is 0 Å². The van der Waals surface area contributed by atoms with Gasteiger partial charge in [0.15, 0.2) is 0 Å². The highest BCUT2D eigenvalue weighted by Crippen LogP contribution is 2.39. The van der Waals surface area contributed by atoms with E-state index < -0.39 is 0 Å². The molecule has 92 valence electrons. The fourth-order valence-corrected chi connectivity index (χ4v) is 4.51. The molecular weight excluding hydrogens is 252 g/mol. The highest BCUT2D eigenvalue weighted by atomic mass is 32.2. The second kappa shape index (κ2) is 5.00. The Balaban J connectivity index is 1.62. The highest BCUT2D eigenvalue weighted by molar-refractivity contribution is 8.00. The molecule has 0 spiro atoms. The summed E-state index contributed by atoms with van der Waals surface area (Å²) in [6.45, 7) is 2.91. The quantitative estimate of drug-likeness (QED) is 0.871. The predicted molar refractivity (Wildman–Crippen MR) is 72.6 cm³/mol. The average molecular weight is 268 g/mol. The maximum Gasteiger partial charge on any atom is 0.237 e. The van der Waals surface area contributed by atoms with Crippen LogP contribution in [0, 0.1) is 5.92 Å². The fraction of sp³-hybridized carbons (Fsp3) is 0.583. The van der Waals surface area contributed by atoms with E-state index in [0.717, 1.165) is 31.8 Å². The molecule has 2 N–H and O–H groups in total. The van der Waals surface area contributed by atoms with Gasteiger partial charge in [-0.25, -0.2) is 0 Å². The molecule has 3 heterocycles. The molecule has 0 bridgehead atoms. The number of rotatable bonds is 3. The largest absolute Gasteiger partial charge is 0.354 e. The van der Waals surface area contributed by atoms with E-state index in [0.29, 0.717) is 5.92 Å². The van der Waals surface area contributed by atoms with Crippen LogP contribution in [0.5, 0.6) is 0 Å². The zero-order chi connectivity index (χ0) is 11.7. The highest BCUT2D eigenvalue weighted by Gasteiger charge is 2.28. The number of thioether (sulfide) groups is 1. The van der Waals surface area contributed by atoms with Gasteiger partial charge in [0.1, 0.15) is 5.25 Å². The van der Waals surface area contributed by atoms with Gasteiger partial charge in [-0.3, -0.25) is 4.79 Å². The molecule has 0 radical (unpaired) electrons. The molecule has 1 amide bonds. The van der Waals surface area contributed by atoms with E-state index >= 15 is 0 Å². The molecule has 3 rings (SSSR count). The first-order valence-corrected chi connectivity index (χ1v) is 7.94. The second-order valence-electron chi connectivity index (χ2n) is 4.57. The molecule has 17 heavy (non-hydrogen) atoms. The predicted octanol–water partition coefficient (Wildman–Crippen LogP) is 1.41. The van der Waals surface area contributed by atoms with Crippen molar-refractivity contribution in [2.45, 2.75) is 11.7 Å². The molecule has 0 aromatic carbocycles. The van der Waals surface area contributed by atoms with Gasteiger partial charge in [-0.05, 0) is 29.2 Å². The number of aryl methyl sites for hydroxylation is 1. The van der Waals surface area contributed by atoms with E-state index in [2.05, 4.69) is 22.1 Å². The van der Waals surface area contributed by atoms with E-state index in [1.54, 1.807) is 23.1 Å². The summed E-state index contributed by atoms with van der Waals surface area (Å²) >= 11 is 3.56. The van der Waals surface area contributed by atoms with Gasteiger partial charge in [0.25, 0.3) is 0 Å². The number of carbonyl (C=O) groups is 1. The van der Waals surface area contributed by atoms with Crippen molar-refractivity contribution in [2.75, 3.05) is 25.4 Å². The molecule has 1 aromatic rings. The molecule has 1 unspecified atom stereocenters. The number of amides is 1. The Labute approximate surface area is 109 Å². The normalized spacial score (nSPS) is 23.9. The van der Waals surface area contributed by atoms with Gasteiger partial charge in [-0.1, -0.05) is 0 Å². The molecule has 2 aliphatic rings. The Hall–Kier alpha value is -0.520. The van der Waals surface area contributed by atoms with E-state index in [1.807, 2.05) is 0 Å². The van der Waals surface area contributed by atoms with Crippen LogP contribution >= 0.6 is 23.1 Å². The molecular formula is C12H16N2OS2. The smallest absolute Gasteiger partial charge is 0.237 e. The van der Waals surface area contributed by atoms with Crippen LogP contribution < -0.4 is 10.6 Å². The number of fused-ring (bicyclic) bond motifs is 1. The second-order valence-corrected chi connectivity index (χ2v) is 6.78. The van der Waals surface area contributed by atoms with Crippen LogP contribution in [0.4, 0.5) is 0 Å². The van der Waals surface area contributed by atoms with Crippen LogP contribution in [-0.2, 0) is 11.2 Å². The minimum Gasteiger partial charge on any atom is -0.354 e. The fourth-order valence-electron chi connectivity index (χ4n) is 2.19. The minimum atomic E-state index is 0.0260. The lowest BCUT2D eigenvalue weighted by molar-refractivity contribution is -0.120. The van der Waals surface area contributed by atoms with Crippen molar-refractivity contribution in [2.24, 2.45) is 5.92 Å². The van der Waals surface area contributed by atoms with Crippen LogP contribution in [0.3, 0.4) is 0 Å². The standard InChI is InChI=1S/C12H16N2OS2/c15-12(14-7-8-5-13-6-8)11-9-1-3-16-10(9)2-4-17-11/h1,3,8,11,13H,2,4-7H2,(H,14,15). The molecule has 1 fully saturated rings. The van der Waals surface area contributed by atoms with Gasteiger partial charge in [-0.2, -0.15) is 0 Å². The van der Waals surface area contributed by atoms with Crippen LogP contribution in [0.15, 0.2) is 11.4 Å². The minimum absolute atomic E-state index is 0.0260. The van der Waals surface area contributed by atoms with Crippen molar-refractivity contribution < 1.29 is 4.79 Å². The van der Waals surface area contributed by atoms with Crippen molar-refractivity contribution >= 4 is 29.0 Å². The monoisotopic (exact) mass is 268 g/mol. The number of nitrogens with one attached hydrogen (secondary N) is 2. The summed E-state index contributed by atoms with van der Waals surface area (Å²) in [4.78, 5) is 13.6. The van der Waals surface area contributed by atoms with Crippen LogP contribution in [0.2, 0.25) is 0 Å². The van der Waals surface area contributed by atoms with E-state index in [9.17, 15) is 4.79 Å². The van der Waals surface area contributed by atoms with Gasteiger partial charge in [0, 0.05) is 30.4 Å². The Kier molecular flexibility index (Phi) is 3.40. The van der Waals surface area contributed by atoms with Crippen molar-refractivity contribution in [3.8, 4) is 0 Å². The van der Waals surface area contributed by atoms with Crippen molar-refractivity contribution in [1.82, 2.24) is 10.6 Å². The molecule has 3 nitrogen and oxygen atoms in total. The number of carbonyl (C=O) groups excluding carboxylic acids is 1. The van der Waals surface area contributed by atoms with Gasteiger partial charge >= 0.3 is 0 Å². The lowest BCUT2D eigenvalue weighted by Crippen LogP contribution is -2.48. The van der Waals surface area contributed by atoms with Crippen molar-refractivity contribution in [3.05, 3.63) is 21.9 Å².